The van der Waals surface area contributed by atoms with E-state index in [1.165, 1.54) is 12.1 Å². The Labute approximate surface area is 108 Å². The second-order valence-electron chi connectivity index (χ2n) is 3.18. The maximum absolute atomic E-state index is 13.3. The summed E-state index contributed by atoms with van der Waals surface area (Å²) in [5, 5.41) is -0.591. The third-order valence-electron chi connectivity index (χ3n) is 2.07. The van der Waals surface area contributed by atoms with Gasteiger partial charge in [0, 0.05) is 4.47 Å². The van der Waals surface area contributed by atoms with Crippen LogP contribution in [0.2, 0.25) is 5.15 Å². The molecule has 0 amide bonds. The molecule has 0 aliphatic carbocycles. The van der Waals surface area contributed by atoms with Gasteiger partial charge in [-0.25, -0.2) is 9.36 Å². The van der Waals surface area contributed by atoms with E-state index in [2.05, 4.69) is 15.9 Å². The van der Waals surface area contributed by atoms with Gasteiger partial charge in [-0.2, -0.15) is 4.39 Å². The Hall–Kier alpha value is -1.40. The molecule has 0 radical (unpaired) electrons. The molecule has 2 rings (SSSR count). The molecule has 17 heavy (non-hydrogen) atoms. The average molecular weight is 320 g/mol. The predicted octanol–water partition coefficient (Wildman–Crippen LogP) is 2.08. The molecule has 1 N–H and O–H groups in total. The molecule has 0 aliphatic rings. The Bertz CT molecular complexity index is 695. The smallest absolute Gasteiger partial charge is 0.295 e. The van der Waals surface area contributed by atoms with Crippen molar-refractivity contribution >= 4 is 27.5 Å². The van der Waals surface area contributed by atoms with E-state index in [1.54, 1.807) is 12.1 Å². The number of aromatic amines is 1. The number of H-pyrrole nitrogens is 1. The summed E-state index contributed by atoms with van der Waals surface area (Å²) in [4.78, 5) is 25.2. The Morgan fingerprint density at radius 1 is 1.35 bits per heavy atom. The third kappa shape index (κ3) is 2.18. The van der Waals surface area contributed by atoms with Crippen LogP contribution < -0.4 is 11.2 Å². The monoisotopic (exact) mass is 318 g/mol. The van der Waals surface area contributed by atoms with Crippen molar-refractivity contribution < 1.29 is 4.39 Å². The van der Waals surface area contributed by atoms with Crippen molar-refractivity contribution in [1.82, 2.24) is 9.55 Å². The van der Waals surface area contributed by atoms with Gasteiger partial charge in [0.15, 0.2) is 5.15 Å². The summed E-state index contributed by atoms with van der Waals surface area (Å²) >= 11 is 8.55. The highest BCUT2D eigenvalue weighted by molar-refractivity contribution is 9.10. The largest absolute Gasteiger partial charge is 0.334 e. The Morgan fingerprint density at radius 2 is 2.06 bits per heavy atom. The van der Waals surface area contributed by atoms with Gasteiger partial charge in [0.2, 0.25) is 5.82 Å². The first-order valence-electron chi connectivity index (χ1n) is 4.47. The fourth-order valence-electron chi connectivity index (χ4n) is 1.34. The van der Waals surface area contributed by atoms with Crippen molar-refractivity contribution in [2.45, 2.75) is 0 Å². The molecule has 1 heterocycles. The molecule has 88 valence electrons. The highest BCUT2D eigenvalue weighted by Crippen LogP contribution is 2.13. The van der Waals surface area contributed by atoms with Crippen LogP contribution in [0.15, 0.2) is 38.3 Å². The van der Waals surface area contributed by atoms with Gasteiger partial charge in [0.05, 0.1) is 5.69 Å². The standard InChI is InChI=1S/C10H5BrClFN2O2/c11-5-2-1-3-6(4-5)15-9(16)7(13)8(12)14-10(15)17/h1-4H,(H,14,17). The molecule has 1 aromatic carbocycles. The summed E-state index contributed by atoms with van der Waals surface area (Å²) in [5.74, 6) is -1.19. The van der Waals surface area contributed by atoms with E-state index in [9.17, 15) is 14.0 Å². The summed E-state index contributed by atoms with van der Waals surface area (Å²) in [6.45, 7) is 0. The minimum atomic E-state index is -1.19. The van der Waals surface area contributed by atoms with Crippen LogP contribution >= 0.6 is 27.5 Å². The molecule has 2 aromatic rings. The van der Waals surface area contributed by atoms with Crippen LogP contribution in [-0.4, -0.2) is 9.55 Å². The van der Waals surface area contributed by atoms with Gasteiger partial charge in [-0.05, 0) is 18.2 Å². The Balaban J connectivity index is 2.82. The highest BCUT2D eigenvalue weighted by atomic mass is 79.9. The van der Waals surface area contributed by atoms with E-state index in [1.807, 2.05) is 4.98 Å². The average Bonchev–Trinajstić information content (AvgIpc) is 2.26. The maximum atomic E-state index is 13.3. The van der Waals surface area contributed by atoms with Crippen LogP contribution in [0.25, 0.3) is 5.69 Å². The highest BCUT2D eigenvalue weighted by Gasteiger charge is 2.13. The zero-order valence-electron chi connectivity index (χ0n) is 8.21. The SMILES string of the molecule is O=c1[nH]c(Cl)c(F)c(=O)n1-c1cccc(Br)c1. The molecular formula is C10H5BrClFN2O2. The molecule has 0 spiro atoms. The topological polar surface area (TPSA) is 54.9 Å². The van der Waals surface area contributed by atoms with Gasteiger partial charge in [-0.15, -0.1) is 0 Å². The van der Waals surface area contributed by atoms with Crippen LogP contribution in [0, 0.1) is 5.82 Å². The number of aromatic nitrogens is 2. The fourth-order valence-corrected chi connectivity index (χ4v) is 1.89. The first-order valence-corrected chi connectivity index (χ1v) is 5.64. The summed E-state index contributed by atoms with van der Waals surface area (Å²) in [6.07, 6.45) is 0. The number of hydrogen-bond acceptors (Lipinski definition) is 2. The number of benzene rings is 1. The molecule has 0 fully saturated rings. The van der Waals surface area contributed by atoms with Crippen molar-refractivity contribution in [3.63, 3.8) is 0 Å². The quantitative estimate of drug-likeness (QED) is 0.818. The molecule has 0 saturated heterocycles. The number of nitrogens with one attached hydrogen (secondary N) is 1. The van der Waals surface area contributed by atoms with Gasteiger partial charge in [0.25, 0.3) is 5.56 Å². The van der Waals surface area contributed by atoms with Gasteiger partial charge in [-0.3, -0.25) is 9.78 Å². The molecule has 0 bridgehead atoms. The lowest BCUT2D eigenvalue weighted by Gasteiger charge is -2.05. The van der Waals surface area contributed by atoms with Crippen LogP contribution in [-0.2, 0) is 0 Å². The predicted molar refractivity (Wildman–Crippen MR) is 65.3 cm³/mol. The zero-order chi connectivity index (χ0) is 12.6. The van der Waals surface area contributed by atoms with Crippen molar-refractivity contribution in [3.05, 3.63) is 60.5 Å². The molecule has 0 unspecified atom stereocenters. The van der Waals surface area contributed by atoms with E-state index < -0.39 is 22.2 Å². The Morgan fingerprint density at radius 3 is 2.71 bits per heavy atom. The fraction of sp³-hybridized carbons (Fsp3) is 0. The molecule has 0 aliphatic heterocycles. The van der Waals surface area contributed by atoms with Crippen LogP contribution in [0.5, 0.6) is 0 Å². The van der Waals surface area contributed by atoms with Crippen LogP contribution in [0.3, 0.4) is 0 Å². The van der Waals surface area contributed by atoms with Crippen molar-refractivity contribution in [3.8, 4) is 5.69 Å². The summed E-state index contributed by atoms with van der Waals surface area (Å²) in [5.41, 5.74) is -1.63. The third-order valence-corrected chi connectivity index (χ3v) is 2.82. The lowest BCUT2D eigenvalue weighted by Crippen LogP contribution is -2.35. The van der Waals surface area contributed by atoms with E-state index in [0.717, 1.165) is 0 Å². The van der Waals surface area contributed by atoms with E-state index in [4.69, 9.17) is 11.6 Å². The second kappa shape index (κ2) is 4.46. The minimum Gasteiger partial charge on any atom is -0.295 e. The van der Waals surface area contributed by atoms with Gasteiger partial charge < -0.3 is 0 Å². The molecule has 0 saturated carbocycles. The summed E-state index contributed by atoms with van der Waals surface area (Å²) in [7, 11) is 0. The van der Waals surface area contributed by atoms with Crippen molar-refractivity contribution in [2.75, 3.05) is 0 Å². The number of hydrogen-bond donors (Lipinski definition) is 1. The van der Waals surface area contributed by atoms with Crippen LogP contribution in [0.1, 0.15) is 0 Å². The number of halogens is 3. The number of nitrogens with zero attached hydrogens (tertiary/aromatic N) is 1. The first kappa shape index (κ1) is 12.1. The molecule has 4 nitrogen and oxygen atoms in total. The lowest BCUT2D eigenvalue weighted by molar-refractivity contribution is 0.584. The normalized spacial score (nSPS) is 10.5. The second-order valence-corrected chi connectivity index (χ2v) is 4.47. The molecule has 1 aromatic heterocycles. The van der Waals surface area contributed by atoms with Gasteiger partial charge >= 0.3 is 5.69 Å². The molecule has 7 heteroatoms. The number of rotatable bonds is 1. The molecular weight excluding hydrogens is 314 g/mol. The van der Waals surface area contributed by atoms with E-state index in [-0.39, 0.29) is 5.69 Å². The minimum absolute atomic E-state index is 0.251. The first-order chi connectivity index (χ1) is 8.00. The van der Waals surface area contributed by atoms with Gasteiger partial charge in [-0.1, -0.05) is 33.6 Å². The van der Waals surface area contributed by atoms with Crippen molar-refractivity contribution in [1.29, 1.82) is 0 Å². The Kier molecular flexibility index (Phi) is 3.17. The zero-order valence-corrected chi connectivity index (χ0v) is 10.5. The maximum Gasteiger partial charge on any atom is 0.334 e. The van der Waals surface area contributed by atoms with Crippen molar-refractivity contribution in [2.24, 2.45) is 0 Å². The summed E-state index contributed by atoms with van der Waals surface area (Å²) < 4.78 is 14.6. The lowest BCUT2D eigenvalue weighted by atomic mass is 10.3. The van der Waals surface area contributed by atoms with Crippen LogP contribution in [0.4, 0.5) is 4.39 Å². The molecule has 0 atom stereocenters. The van der Waals surface area contributed by atoms with E-state index in [0.29, 0.717) is 9.04 Å². The summed E-state index contributed by atoms with van der Waals surface area (Å²) in [6, 6.07) is 6.37. The van der Waals surface area contributed by atoms with E-state index >= 15 is 0 Å². The van der Waals surface area contributed by atoms with Gasteiger partial charge in [0.1, 0.15) is 0 Å².